The first-order chi connectivity index (χ1) is 10.7. The number of nitrogens with one attached hydrogen (secondary N) is 1. The Bertz CT molecular complexity index is 808. The van der Waals surface area contributed by atoms with Crippen LogP contribution in [0.25, 0.3) is 11.0 Å². The number of imidazole rings is 1. The summed E-state index contributed by atoms with van der Waals surface area (Å²) in [5.74, 6) is 0. The molecular formula is C17H17N3OS. The van der Waals surface area contributed by atoms with Gasteiger partial charge in [0.05, 0.1) is 11.0 Å². The SMILES string of the molecule is CSc1nc2ccccc2n1C(=O)NCc1ccc(C)cc1. The number of aromatic nitrogens is 2. The number of aryl methyl sites for hydroxylation is 1. The van der Waals surface area contributed by atoms with Gasteiger partial charge in [-0.2, -0.15) is 0 Å². The van der Waals surface area contributed by atoms with Crippen molar-refractivity contribution in [3.05, 3.63) is 59.7 Å². The van der Waals surface area contributed by atoms with Crippen molar-refractivity contribution in [1.29, 1.82) is 0 Å². The molecule has 3 aromatic rings. The van der Waals surface area contributed by atoms with E-state index in [0.29, 0.717) is 11.7 Å². The Morgan fingerprint density at radius 3 is 2.64 bits per heavy atom. The molecule has 0 saturated heterocycles. The maximum absolute atomic E-state index is 12.5. The molecule has 3 rings (SSSR count). The van der Waals surface area contributed by atoms with Crippen LogP contribution in [-0.2, 0) is 6.54 Å². The minimum atomic E-state index is -0.154. The maximum atomic E-state index is 12.5. The van der Waals surface area contributed by atoms with Gasteiger partial charge >= 0.3 is 6.03 Å². The minimum Gasteiger partial charge on any atom is -0.333 e. The first kappa shape index (κ1) is 14.7. The number of hydrogen-bond donors (Lipinski definition) is 1. The van der Waals surface area contributed by atoms with Gasteiger partial charge in [0.1, 0.15) is 0 Å². The van der Waals surface area contributed by atoms with Crippen LogP contribution in [0.3, 0.4) is 0 Å². The summed E-state index contributed by atoms with van der Waals surface area (Å²) in [5, 5.41) is 3.66. The Hall–Kier alpha value is -2.27. The van der Waals surface area contributed by atoms with E-state index in [4.69, 9.17) is 0 Å². The van der Waals surface area contributed by atoms with Crippen LogP contribution < -0.4 is 5.32 Å². The number of hydrogen-bond acceptors (Lipinski definition) is 3. The van der Waals surface area contributed by atoms with Gasteiger partial charge in [0.15, 0.2) is 5.16 Å². The zero-order valence-corrected chi connectivity index (χ0v) is 13.4. The molecule has 1 aromatic heterocycles. The van der Waals surface area contributed by atoms with E-state index in [1.165, 1.54) is 17.3 Å². The number of carbonyl (C=O) groups excluding carboxylic acids is 1. The van der Waals surface area contributed by atoms with Gasteiger partial charge in [-0.25, -0.2) is 14.3 Å². The van der Waals surface area contributed by atoms with Crippen molar-refractivity contribution >= 4 is 28.8 Å². The summed E-state index contributed by atoms with van der Waals surface area (Å²) in [6.45, 7) is 2.55. The second-order valence-electron chi connectivity index (χ2n) is 5.07. The second-order valence-corrected chi connectivity index (χ2v) is 5.84. The molecule has 1 amide bonds. The molecule has 2 aromatic carbocycles. The normalized spacial score (nSPS) is 10.8. The molecule has 4 nitrogen and oxygen atoms in total. The quantitative estimate of drug-likeness (QED) is 0.748. The molecule has 22 heavy (non-hydrogen) atoms. The highest BCUT2D eigenvalue weighted by molar-refractivity contribution is 7.98. The molecule has 112 valence electrons. The third kappa shape index (κ3) is 2.85. The maximum Gasteiger partial charge on any atom is 0.328 e. The Morgan fingerprint density at radius 1 is 1.18 bits per heavy atom. The third-order valence-electron chi connectivity index (χ3n) is 3.48. The fraction of sp³-hybridized carbons (Fsp3) is 0.176. The average molecular weight is 311 g/mol. The van der Waals surface area contributed by atoms with E-state index in [1.807, 2.05) is 61.7 Å². The summed E-state index contributed by atoms with van der Waals surface area (Å²) < 4.78 is 1.63. The summed E-state index contributed by atoms with van der Waals surface area (Å²) in [5.41, 5.74) is 3.94. The molecule has 0 saturated carbocycles. The predicted molar refractivity (Wildman–Crippen MR) is 90.3 cm³/mol. The molecule has 1 heterocycles. The zero-order valence-electron chi connectivity index (χ0n) is 12.5. The lowest BCUT2D eigenvalue weighted by Gasteiger charge is -2.09. The van der Waals surface area contributed by atoms with Crippen LogP contribution in [0.4, 0.5) is 4.79 Å². The van der Waals surface area contributed by atoms with Gasteiger partial charge < -0.3 is 5.32 Å². The monoisotopic (exact) mass is 311 g/mol. The lowest BCUT2D eigenvalue weighted by molar-refractivity contribution is 0.241. The molecule has 0 radical (unpaired) electrons. The smallest absolute Gasteiger partial charge is 0.328 e. The van der Waals surface area contributed by atoms with Gasteiger partial charge in [-0.3, -0.25) is 0 Å². The van der Waals surface area contributed by atoms with Gasteiger partial charge in [-0.15, -0.1) is 0 Å². The van der Waals surface area contributed by atoms with Crippen molar-refractivity contribution in [2.75, 3.05) is 6.26 Å². The average Bonchev–Trinajstić information content (AvgIpc) is 2.92. The molecule has 0 unspecified atom stereocenters. The fourth-order valence-corrected chi connectivity index (χ4v) is 2.85. The molecular weight excluding hydrogens is 294 g/mol. The molecule has 0 aliphatic carbocycles. The van der Waals surface area contributed by atoms with Crippen molar-refractivity contribution in [3.63, 3.8) is 0 Å². The largest absolute Gasteiger partial charge is 0.333 e. The number of carbonyl (C=O) groups is 1. The molecule has 0 aliphatic heterocycles. The van der Waals surface area contributed by atoms with E-state index < -0.39 is 0 Å². The summed E-state index contributed by atoms with van der Waals surface area (Å²) in [6.07, 6.45) is 1.92. The summed E-state index contributed by atoms with van der Waals surface area (Å²) in [7, 11) is 0. The van der Waals surface area contributed by atoms with Crippen LogP contribution in [-0.4, -0.2) is 21.8 Å². The fourth-order valence-electron chi connectivity index (χ4n) is 2.30. The summed E-state index contributed by atoms with van der Waals surface area (Å²) >= 11 is 1.46. The number of nitrogens with zero attached hydrogens (tertiary/aromatic N) is 2. The Morgan fingerprint density at radius 2 is 1.91 bits per heavy atom. The number of para-hydroxylation sites is 2. The van der Waals surface area contributed by atoms with Gasteiger partial charge in [0, 0.05) is 6.54 Å². The van der Waals surface area contributed by atoms with Gasteiger partial charge in [0.2, 0.25) is 0 Å². The lowest BCUT2D eigenvalue weighted by Crippen LogP contribution is -2.28. The zero-order chi connectivity index (χ0) is 15.5. The van der Waals surface area contributed by atoms with Crippen LogP contribution >= 0.6 is 11.8 Å². The van der Waals surface area contributed by atoms with Crippen molar-refractivity contribution in [2.24, 2.45) is 0 Å². The predicted octanol–water partition coefficient (Wildman–Crippen LogP) is 3.82. The van der Waals surface area contributed by atoms with E-state index in [9.17, 15) is 4.79 Å². The topological polar surface area (TPSA) is 46.9 Å². The van der Waals surface area contributed by atoms with E-state index in [-0.39, 0.29) is 6.03 Å². The second kappa shape index (κ2) is 6.23. The molecule has 0 aliphatic rings. The lowest BCUT2D eigenvalue weighted by atomic mass is 10.1. The van der Waals surface area contributed by atoms with Crippen LogP contribution in [0.1, 0.15) is 11.1 Å². The van der Waals surface area contributed by atoms with Gasteiger partial charge in [0.25, 0.3) is 0 Å². The van der Waals surface area contributed by atoms with Crippen molar-refractivity contribution in [3.8, 4) is 0 Å². The summed E-state index contributed by atoms with van der Waals surface area (Å²) in [6, 6.07) is 15.6. The van der Waals surface area contributed by atoms with Crippen LogP contribution in [0, 0.1) is 6.92 Å². The molecule has 0 bridgehead atoms. The van der Waals surface area contributed by atoms with E-state index in [2.05, 4.69) is 10.3 Å². The first-order valence-corrected chi connectivity index (χ1v) is 8.27. The number of amides is 1. The number of benzene rings is 2. The van der Waals surface area contributed by atoms with Crippen molar-refractivity contribution in [2.45, 2.75) is 18.6 Å². The van der Waals surface area contributed by atoms with Crippen LogP contribution in [0.2, 0.25) is 0 Å². The molecule has 1 N–H and O–H groups in total. The van der Waals surface area contributed by atoms with E-state index >= 15 is 0 Å². The van der Waals surface area contributed by atoms with Crippen molar-refractivity contribution in [1.82, 2.24) is 14.9 Å². The van der Waals surface area contributed by atoms with Gasteiger partial charge in [-0.1, -0.05) is 53.7 Å². The number of fused-ring (bicyclic) bond motifs is 1. The molecule has 0 fully saturated rings. The highest BCUT2D eigenvalue weighted by atomic mass is 32.2. The first-order valence-electron chi connectivity index (χ1n) is 7.04. The van der Waals surface area contributed by atoms with Crippen molar-refractivity contribution < 1.29 is 4.79 Å². The molecule has 0 atom stereocenters. The number of thioether (sulfide) groups is 1. The highest BCUT2D eigenvalue weighted by Gasteiger charge is 2.15. The van der Waals surface area contributed by atoms with E-state index in [0.717, 1.165) is 16.6 Å². The van der Waals surface area contributed by atoms with Gasteiger partial charge in [-0.05, 0) is 30.9 Å². The molecule has 0 spiro atoms. The number of rotatable bonds is 3. The summed E-state index contributed by atoms with van der Waals surface area (Å²) in [4.78, 5) is 17.0. The minimum absolute atomic E-state index is 0.154. The van der Waals surface area contributed by atoms with Crippen LogP contribution in [0.15, 0.2) is 53.7 Å². The standard InChI is InChI=1S/C17H17N3OS/c1-12-7-9-13(10-8-12)11-18-16(21)20-15-6-4-3-5-14(15)19-17(20)22-2/h3-10H,11H2,1-2H3,(H,18,21). The third-order valence-corrected chi connectivity index (χ3v) is 4.12. The Balaban J connectivity index is 1.84. The molecule has 5 heteroatoms. The Labute approximate surface area is 133 Å². The Kier molecular flexibility index (Phi) is 4.15. The van der Waals surface area contributed by atoms with E-state index in [1.54, 1.807) is 4.57 Å². The highest BCUT2D eigenvalue weighted by Crippen LogP contribution is 2.21. The van der Waals surface area contributed by atoms with Crippen LogP contribution in [0.5, 0.6) is 0 Å².